The van der Waals surface area contributed by atoms with Crippen molar-refractivity contribution in [1.29, 1.82) is 0 Å². The third-order valence-electron chi connectivity index (χ3n) is 2.22. The number of rotatable bonds is 2. The van der Waals surface area contributed by atoms with Crippen LogP contribution in [0.25, 0.3) is 11.3 Å². The highest BCUT2D eigenvalue weighted by atomic mass is 79.9. The van der Waals surface area contributed by atoms with Crippen LogP contribution in [-0.4, -0.2) is 11.1 Å². The first-order valence-electron chi connectivity index (χ1n) is 4.60. The number of amides is 1. The Hall–Kier alpha value is -1.62. The first kappa shape index (κ1) is 10.9. The van der Waals surface area contributed by atoms with Crippen LogP contribution < -0.4 is 5.73 Å². The summed E-state index contributed by atoms with van der Waals surface area (Å²) in [7, 11) is 0. The molecule has 1 heterocycles. The smallest absolute Gasteiger partial charge is 0.249 e. The number of aromatic nitrogens is 1. The summed E-state index contributed by atoms with van der Waals surface area (Å²) in [6, 6.07) is 5.37. The van der Waals surface area contributed by atoms with Crippen LogP contribution in [-0.2, 0) is 0 Å². The van der Waals surface area contributed by atoms with Crippen molar-refractivity contribution in [2.75, 3.05) is 0 Å². The van der Waals surface area contributed by atoms with Gasteiger partial charge in [0, 0.05) is 11.1 Å². The summed E-state index contributed by atoms with van der Waals surface area (Å²) in [4.78, 5) is 11.3. The molecule has 0 fully saturated rings. The number of hydrogen-bond donors (Lipinski definition) is 1. The van der Waals surface area contributed by atoms with E-state index in [0.717, 1.165) is 5.56 Å². The molecule has 0 saturated heterocycles. The molecule has 1 amide bonds. The lowest BCUT2D eigenvalue weighted by molar-refractivity contribution is 0.100. The number of carbonyl (C=O) groups is 1. The van der Waals surface area contributed by atoms with Gasteiger partial charge in [0.05, 0.1) is 4.47 Å². The van der Waals surface area contributed by atoms with Crippen LogP contribution in [0.3, 0.4) is 0 Å². The fourth-order valence-corrected chi connectivity index (χ4v) is 1.84. The van der Waals surface area contributed by atoms with Crippen molar-refractivity contribution in [2.45, 2.75) is 6.92 Å². The number of carbonyl (C=O) groups excluding carboxylic acids is 1. The molecule has 2 N–H and O–H groups in total. The molecule has 5 heteroatoms. The van der Waals surface area contributed by atoms with E-state index in [-0.39, 0.29) is 0 Å². The van der Waals surface area contributed by atoms with E-state index in [0.29, 0.717) is 21.3 Å². The molecule has 0 spiro atoms. The van der Waals surface area contributed by atoms with Crippen molar-refractivity contribution >= 4 is 21.8 Å². The Morgan fingerprint density at radius 2 is 2.25 bits per heavy atom. The van der Waals surface area contributed by atoms with E-state index in [1.165, 1.54) is 6.26 Å². The van der Waals surface area contributed by atoms with Gasteiger partial charge in [0.2, 0.25) is 5.91 Å². The van der Waals surface area contributed by atoms with Gasteiger partial charge in [-0.25, -0.2) is 0 Å². The quantitative estimate of drug-likeness (QED) is 0.919. The Morgan fingerprint density at radius 3 is 2.81 bits per heavy atom. The van der Waals surface area contributed by atoms with Gasteiger partial charge < -0.3 is 10.3 Å². The molecule has 0 aliphatic carbocycles. The monoisotopic (exact) mass is 280 g/mol. The van der Waals surface area contributed by atoms with Gasteiger partial charge in [-0.2, -0.15) is 0 Å². The average Bonchev–Trinajstić information content (AvgIpc) is 2.63. The molecular formula is C11H9BrN2O2. The zero-order valence-electron chi connectivity index (χ0n) is 8.53. The van der Waals surface area contributed by atoms with Gasteiger partial charge in [-0.3, -0.25) is 4.79 Å². The minimum atomic E-state index is -0.482. The fourth-order valence-electron chi connectivity index (χ4n) is 1.47. The number of nitrogens with two attached hydrogens (primary N) is 1. The maximum absolute atomic E-state index is 11.3. The van der Waals surface area contributed by atoms with Crippen molar-refractivity contribution in [1.82, 2.24) is 5.16 Å². The summed E-state index contributed by atoms with van der Waals surface area (Å²) in [5.41, 5.74) is 8.02. The van der Waals surface area contributed by atoms with E-state index in [4.69, 9.17) is 10.3 Å². The summed E-state index contributed by atoms with van der Waals surface area (Å²) in [6.45, 7) is 1.93. The minimum Gasteiger partial charge on any atom is -0.366 e. The summed E-state index contributed by atoms with van der Waals surface area (Å²) in [5.74, 6) is -0.482. The van der Waals surface area contributed by atoms with Gasteiger partial charge >= 0.3 is 0 Å². The normalized spacial score (nSPS) is 10.4. The molecule has 1 aromatic carbocycles. The summed E-state index contributed by atoms with van der Waals surface area (Å²) in [6.07, 6.45) is 1.46. The Bertz CT molecular complexity index is 549. The summed E-state index contributed by atoms with van der Waals surface area (Å²) < 4.78 is 5.52. The van der Waals surface area contributed by atoms with Crippen molar-refractivity contribution in [3.05, 3.63) is 40.1 Å². The van der Waals surface area contributed by atoms with Crippen LogP contribution in [0.5, 0.6) is 0 Å². The highest BCUT2D eigenvalue weighted by Gasteiger charge is 2.15. The van der Waals surface area contributed by atoms with Gasteiger partial charge in [-0.15, -0.1) is 0 Å². The lowest BCUT2D eigenvalue weighted by Crippen LogP contribution is -2.12. The van der Waals surface area contributed by atoms with Gasteiger partial charge in [-0.1, -0.05) is 16.8 Å². The van der Waals surface area contributed by atoms with Gasteiger partial charge in [0.25, 0.3) is 0 Å². The SMILES string of the molecule is Cc1ccc(C(N)=O)c(-c2nocc2Br)c1. The highest BCUT2D eigenvalue weighted by molar-refractivity contribution is 9.10. The molecule has 0 bridgehead atoms. The summed E-state index contributed by atoms with van der Waals surface area (Å²) >= 11 is 3.30. The van der Waals surface area contributed by atoms with Crippen molar-refractivity contribution < 1.29 is 9.32 Å². The number of aryl methyl sites for hydroxylation is 1. The Balaban J connectivity index is 2.67. The second-order valence-corrected chi connectivity index (χ2v) is 4.28. The average molecular weight is 281 g/mol. The molecule has 82 valence electrons. The van der Waals surface area contributed by atoms with Crippen LogP contribution in [0.15, 0.2) is 33.5 Å². The molecule has 4 nitrogen and oxygen atoms in total. The predicted octanol–water partition coefficient (Wildman–Crippen LogP) is 2.51. The molecule has 2 aromatic rings. The molecule has 0 aliphatic heterocycles. The van der Waals surface area contributed by atoms with Crippen LogP contribution >= 0.6 is 15.9 Å². The third-order valence-corrected chi connectivity index (χ3v) is 2.78. The first-order valence-corrected chi connectivity index (χ1v) is 5.39. The van der Waals surface area contributed by atoms with E-state index in [2.05, 4.69) is 21.1 Å². The Kier molecular flexibility index (Phi) is 2.78. The van der Waals surface area contributed by atoms with Crippen LogP contribution in [0.1, 0.15) is 15.9 Å². The van der Waals surface area contributed by atoms with Crippen LogP contribution in [0, 0.1) is 6.92 Å². The third kappa shape index (κ3) is 1.86. The first-order chi connectivity index (χ1) is 7.59. The standard InChI is InChI=1S/C11H9BrN2O2/c1-6-2-3-7(11(13)15)8(4-6)10-9(12)5-16-14-10/h2-5H,1H3,(H2,13,15). The maximum atomic E-state index is 11.3. The summed E-state index contributed by atoms with van der Waals surface area (Å²) in [5, 5.41) is 3.84. The topological polar surface area (TPSA) is 69.1 Å². The lowest BCUT2D eigenvalue weighted by Gasteiger charge is -2.05. The van der Waals surface area contributed by atoms with E-state index < -0.39 is 5.91 Å². The molecule has 0 saturated carbocycles. The second-order valence-electron chi connectivity index (χ2n) is 3.42. The van der Waals surface area contributed by atoms with E-state index >= 15 is 0 Å². The van der Waals surface area contributed by atoms with Crippen LogP contribution in [0.4, 0.5) is 0 Å². The number of halogens is 1. The second kappa shape index (κ2) is 4.09. The highest BCUT2D eigenvalue weighted by Crippen LogP contribution is 2.29. The van der Waals surface area contributed by atoms with E-state index in [1.54, 1.807) is 6.07 Å². The van der Waals surface area contributed by atoms with Gasteiger partial charge in [0.1, 0.15) is 12.0 Å². The minimum absolute atomic E-state index is 0.431. The number of nitrogens with zero attached hydrogens (tertiary/aromatic N) is 1. The molecule has 1 aromatic heterocycles. The van der Waals surface area contributed by atoms with E-state index in [1.807, 2.05) is 19.1 Å². The number of hydrogen-bond acceptors (Lipinski definition) is 3. The molecule has 0 radical (unpaired) electrons. The molecule has 0 aliphatic rings. The number of primary amides is 1. The largest absolute Gasteiger partial charge is 0.366 e. The zero-order valence-corrected chi connectivity index (χ0v) is 10.1. The van der Waals surface area contributed by atoms with E-state index in [9.17, 15) is 4.79 Å². The van der Waals surface area contributed by atoms with Crippen molar-refractivity contribution in [3.63, 3.8) is 0 Å². The fraction of sp³-hybridized carbons (Fsp3) is 0.0909. The van der Waals surface area contributed by atoms with Gasteiger partial charge in [-0.05, 0) is 35.0 Å². The molecule has 0 unspecified atom stereocenters. The Morgan fingerprint density at radius 1 is 1.50 bits per heavy atom. The lowest BCUT2D eigenvalue weighted by atomic mass is 10.0. The zero-order chi connectivity index (χ0) is 11.7. The molecule has 16 heavy (non-hydrogen) atoms. The van der Waals surface area contributed by atoms with Crippen molar-refractivity contribution in [2.24, 2.45) is 5.73 Å². The molecule has 2 rings (SSSR count). The Labute approximate surface area is 101 Å². The predicted molar refractivity (Wildman–Crippen MR) is 62.9 cm³/mol. The van der Waals surface area contributed by atoms with Crippen molar-refractivity contribution in [3.8, 4) is 11.3 Å². The number of benzene rings is 1. The molecule has 0 atom stereocenters. The van der Waals surface area contributed by atoms with Crippen LogP contribution in [0.2, 0.25) is 0 Å². The van der Waals surface area contributed by atoms with Gasteiger partial charge in [0.15, 0.2) is 0 Å². The molecular weight excluding hydrogens is 272 g/mol. The maximum Gasteiger partial charge on any atom is 0.249 e.